The zero-order valence-electron chi connectivity index (χ0n) is 30.5. The first-order chi connectivity index (χ1) is 26.1. The third-order valence-corrected chi connectivity index (χ3v) is 8.76. The Morgan fingerprint density at radius 3 is 1.38 bits per heavy atom. The average Bonchev–Trinajstić information content (AvgIpc) is 3.13. The molecule has 0 spiro atoms. The van der Waals surface area contributed by atoms with Gasteiger partial charge in [0.1, 0.15) is 12.5 Å². The number of aliphatic hydroxyl groups is 6. The van der Waals surface area contributed by atoms with Gasteiger partial charge >= 0.3 is 39.9 Å². The van der Waals surface area contributed by atoms with Gasteiger partial charge in [0.05, 0.1) is 67.3 Å². The molecule has 6 atom stereocenters. The summed E-state index contributed by atoms with van der Waals surface area (Å²) in [7, 11) is 0. The van der Waals surface area contributed by atoms with Crippen LogP contribution in [0.1, 0.15) is 49.9 Å². The molecule has 9 N–H and O–H groups in total. The molecule has 2 heterocycles. The summed E-state index contributed by atoms with van der Waals surface area (Å²) >= 11 is 0. The van der Waals surface area contributed by atoms with Gasteiger partial charge < -0.3 is 76.3 Å². The van der Waals surface area contributed by atoms with Crippen molar-refractivity contribution in [2.24, 2.45) is 0 Å². The summed E-state index contributed by atoms with van der Waals surface area (Å²) in [4.78, 5) is 83.4. The summed E-state index contributed by atoms with van der Waals surface area (Å²) in [5.41, 5.74) is 0.605. The first-order valence-corrected chi connectivity index (χ1v) is 17.6. The number of carboxylic acids is 3. The Labute approximate surface area is 354 Å². The number of nitrogens with zero attached hydrogens (tertiary/aromatic N) is 4. The van der Waals surface area contributed by atoms with Gasteiger partial charge in [-0.2, -0.15) is 0 Å². The second-order valence-electron chi connectivity index (χ2n) is 12.9. The number of carbonyl (C=O) groups excluding carboxylic acids is 6. The van der Waals surface area contributed by atoms with Crippen molar-refractivity contribution >= 4 is 35.6 Å². The van der Waals surface area contributed by atoms with E-state index in [2.05, 4.69) is 20.9 Å². The van der Waals surface area contributed by atoms with Crippen LogP contribution in [0, 0.1) is 39.9 Å². The zero-order chi connectivity index (χ0) is 41.1. The Morgan fingerprint density at radius 2 is 1.00 bits per heavy atom. The van der Waals surface area contributed by atoms with Crippen LogP contribution >= 0.6 is 0 Å². The van der Waals surface area contributed by atoms with Crippen molar-refractivity contribution < 1.29 is 115 Å². The molecule has 0 saturated carbocycles. The Balaban J connectivity index is 0.0000157. The van der Waals surface area contributed by atoms with Crippen molar-refractivity contribution in [3.8, 4) is 0 Å². The van der Waals surface area contributed by atoms with Crippen LogP contribution in [0.3, 0.4) is 0 Å². The molecule has 2 bridgehead atoms. The van der Waals surface area contributed by atoms with Crippen LogP contribution in [-0.2, 0) is 41.9 Å². The summed E-state index contributed by atoms with van der Waals surface area (Å²) in [6.45, 7) is -3.67. The van der Waals surface area contributed by atoms with E-state index in [0.717, 1.165) is 0 Å². The molecule has 3 amide bonds. The number of hydrogen-bond donors (Lipinski definition) is 9. The Morgan fingerprint density at radius 1 is 0.625 bits per heavy atom. The number of amides is 3. The van der Waals surface area contributed by atoms with Gasteiger partial charge in [-0.05, 0) is 31.4 Å². The van der Waals surface area contributed by atoms with E-state index in [9.17, 15) is 59.4 Å². The minimum absolute atomic E-state index is 0. The molecule has 1 aromatic rings. The van der Waals surface area contributed by atoms with E-state index in [4.69, 9.17) is 15.3 Å². The predicted molar refractivity (Wildman–Crippen MR) is 179 cm³/mol. The maximum atomic E-state index is 12.6. The van der Waals surface area contributed by atoms with E-state index in [-0.39, 0.29) is 111 Å². The monoisotopic (exact) mass is 942 g/mol. The number of hydrogen-bond acceptors (Lipinski definition) is 19. The summed E-state index contributed by atoms with van der Waals surface area (Å²) in [6, 6.07) is 0.307. The van der Waals surface area contributed by atoms with E-state index >= 15 is 0 Å². The minimum atomic E-state index is -1.62. The largest absolute Gasteiger partial charge is 3.00 e. The summed E-state index contributed by atoms with van der Waals surface area (Å²) < 4.78 is 0. The fourth-order valence-corrected chi connectivity index (χ4v) is 5.89. The molecule has 2 rings (SSSR count). The summed E-state index contributed by atoms with van der Waals surface area (Å²) in [5, 5.41) is 99.8. The number of pyridine rings is 1. The van der Waals surface area contributed by atoms with E-state index in [1.807, 2.05) is 0 Å². The van der Waals surface area contributed by atoms with Crippen LogP contribution in [0.25, 0.3) is 0 Å². The topological polar surface area (TPSA) is 352 Å². The van der Waals surface area contributed by atoms with Crippen LogP contribution < -0.4 is 31.3 Å². The quantitative estimate of drug-likeness (QED) is 0.0488. The number of rotatable bonds is 22. The number of aliphatic carboxylic acids is 3. The SMILES string of the molecule is O=C(CCC(C(=O)[O-])N1CCN(C(CCC(=O)NC(O)CO)C(=O)[O-])Cc2cccc(n2)CN(C(CCC(=O)NC(O)CO)C(=O)[O-])CC1)NCC(O)CO.[Gd+3]. The van der Waals surface area contributed by atoms with Crippen molar-refractivity contribution in [3.05, 3.63) is 29.6 Å². The van der Waals surface area contributed by atoms with E-state index < -0.39 is 105 Å². The maximum absolute atomic E-state index is 12.6. The van der Waals surface area contributed by atoms with Gasteiger partial charge in [-0.3, -0.25) is 34.1 Å². The van der Waals surface area contributed by atoms with E-state index in [0.29, 0.717) is 11.4 Å². The number of carbonyl (C=O) groups is 6. The molecule has 0 aliphatic carbocycles. The van der Waals surface area contributed by atoms with Crippen molar-refractivity contribution in [1.29, 1.82) is 0 Å². The van der Waals surface area contributed by atoms with Crippen molar-refractivity contribution in [2.45, 2.75) is 88.3 Å². The van der Waals surface area contributed by atoms with Crippen LogP contribution in [0.5, 0.6) is 0 Å². The van der Waals surface area contributed by atoms with Crippen LogP contribution in [-0.4, -0.2) is 175 Å². The minimum Gasteiger partial charge on any atom is -0.548 e. The van der Waals surface area contributed by atoms with Gasteiger partial charge in [0.25, 0.3) is 0 Å². The molecule has 0 aromatic carbocycles. The van der Waals surface area contributed by atoms with Crippen LogP contribution in [0.4, 0.5) is 0 Å². The Bertz CT molecular complexity index is 1350. The number of aliphatic hydroxyl groups excluding tert-OH is 6. The molecule has 1 aliphatic heterocycles. The molecule has 0 saturated heterocycles. The normalized spacial score (nSPS) is 17.6. The number of carboxylic acid groups (broad SMARTS) is 3. The molecule has 315 valence electrons. The molecule has 56 heavy (non-hydrogen) atoms. The molecular weight excluding hydrogens is 892 g/mol. The number of aromatic nitrogens is 1. The van der Waals surface area contributed by atoms with Crippen molar-refractivity contribution in [3.63, 3.8) is 0 Å². The van der Waals surface area contributed by atoms with Gasteiger partial charge in [-0.15, -0.1) is 0 Å². The molecule has 23 heteroatoms. The first-order valence-electron chi connectivity index (χ1n) is 17.6. The van der Waals surface area contributed by atoms with Crippen molar-refractivity contribution in [1.82, 2.24) is 35.6 Å². The fourth-order valence-electron chi connectivity index (χ4n) is 5.89. The molecule has 6 unspecified atom stereocenters. The van der Waals surface area contributed by atoms with Gasteiger partial charge in [0.15, 0.2) is 0 Å². The number of fused-ring (bicyclic) bond motifs is 2. The molecular formula is C33H50GdN7O15. The molecule has 1 aliphatic rings. The van der Waals surface area contributed by atoms with Gasteiger partial charge in [-0.1, -0.05) is 6.07 Å². The standard InChI is InChI=1S/C33H53N7O15.Gd/c41-17-22(44)14-34-26(45)7-4-23(31(50)51)38-10-12-39(24(32(52)53)5-8-27(46)36-29(48)18-42)15-20-2-1-3-21(35-20)16-40(13-11-38)25(33(54)55)6-9-28(47)37-30(49)19-43;/h1-3,22-25,29-30,41-44,48-49H,4-19H2,(H,34,45)(H,36,46)(H,37,47)(H,50,51)(H,52,53)(H,54,55);/q;+3/p-3. The second-order valence-corrected chi connectivity index (χ2v) is 12.9. The van der Waals surface area contributed by atoms with Gasteiger partial charge in [0, 0.05) is 71.1 Å². The van der Waals surface area contributed by atoms with E-state index in [1.54, 1.807) is 18.2 Å². The molecule has 1 radical (unpaired) electrons. The van der Waals surface area contributed by atoms with Gasteiger partial charge in [0.2, 0.25) is 17.7 Å². The van der Waals surface area contributed by atoms with Gasteiger partial charge in [-0.25, -0.2) is 0 Å². The zero-order valence-corrected chi connectivity index (χ0v) is 32.8. The Kier molecular flexibility index (Phi) is 24.4. The average molecular weight is 942 g/mol. The molecule has 22 nitrogen and oxygen atoms in total. The number of nitrogens with one attached hydrogen (secondary N) is 3. The summed E-state index contributed by atoms with van der Waals surface area (Å²) in [6.07, 6.45) is -6.64. The fraction of sp³-hybridized carbons (Fsp3) is 0.667. The van der Waals surface area contributed by atoms with Crippen molar-refractivity contribution in [2.75, 3.05) is 52.5 Å². The third-order valence-electron chi connectivity index (χ3n) is 8.76. The summed E-state index contributed by atoms with van der Waals surface area (Å²) in [5.74, 6) is -6.98. The smallest absolute Gasteiger partial charge is 0.548 e. The third kappa shape index (κ3) is 18.5. The predicted octanol–water partition coefficient (Wildman–Crippen LogP) is -8.98. The molecule has 1 aromatic heterocycles. The van der Waals surface area contributed by atoms with E-state index in [1.165, 1.54) is 14.7 Å². The maximum Gasteiger partial charge on any atom is 3.00 e. The van der Waals surface area contributed by atoms with Crippen LogP contribution in [0.15, 0.2) is 18.2 Å². The second kappa shape index (κ2) is 26.8. The Hall–Kier alpha value is -3.07. The molecule has 0 fully saturated rings. The van der Waals surface area contributed by atoms with Crippen LogP contribution in [0.2, 0.25) is 0 Å². The first kappa shape index (κ1) is 51.0.